The predicted octanol–water partition coefficient (Wildman–Crippen LogP) is -1.51. The second-order valence-electron chi connectivity index (χ2n) is 1.35. The van der Waals surface area contributed by atoms with E-state index < -0.39 is 0 Å². The molecule has 0 spiro atoms. The SMILES string of the molecule is [H-].[Li][CH2]CCC.[Na+]. The van der Waals surface area contributed by atoms with E-state index in [0.717, 1.165) is 0 Å². The van der Waals surface area contributed by atoms with Gasteiger partial charge in [-0.3, -0.25) is 0 Å². The van der Waals surface area contributed by atoms with Crippen molar-refractivity contribution >= 4 is 17.7 Å². The van der Waals surface area contributed by atoms with Crippen molar-refractivity contribution in [2.45, 2.75) is 24.9 Å². The van der Waals surface area contributed by atoms with Gasteiger partial charge in [0.25, 0.3) is 0 Å². The van der Waals surface area contributed by atoms with Crippen LogP contribution in [0.3, 0.4) is 0 Å². The second-order valence-corrected chi connectivity index (χ2v) is 1.35. The minimum absolute atomic E-state index is 0. The van der Waals surface area contributed by atoms with Gasteiger partial charge in [-0.05, 0) is 0 Å². The van der Waals surface area contributed by atoms with Crippen molar-refractivity contribution in [1.29, 1.82) is 0 Å². The molecule has 0 aliphatic carbocycles. The Morgan fingerprint density at radius 2 is 2.17 bits per heavy atom. The van der Waals surface area contributed by atoms with Crippen molar-refractivity contribution in [3.05, 3.63) is 0 Å². The van der Waals surface area contributed by atoms with E-state index in [1.54, 1.807) is 0 Å². The first-order chi connectivity index (χ1) is 2.41. The fraction of sp³-hybridized carbons (Fsp3) is 1.00. The van der Waals surface area contributed by atoms with Gasteiger partial charge in [0, 0.05) is 0 Å². The van der Waals surface area contributed by atoms with E-state index in [2.05, 4.69) is 24.6 Å². The second kappa shape index (κ2) is 9.78. The summed E-state index contributed by atoms with van der Waals surface area (Å²) < 4.78 is 0. The van der Waals surface area contributed by atoms with Crippen LogP contribution in [0.4, 0.5) is 0 Å². The van der Waals surface area contributed by atoms with Crippen LogP contribution in [0.15, 0.2) is 0 Å². The van der Waals surface area contributed by atoms with E-state index in [1.165, 1.54) is 17.9 Å². The van der Waals surface area contributed by atoms with Gasteiger partial charge in [0.15, 0.2) is 0 Å². The van der Waals surface area contributed by atoms with Crippen LogP contribution in [0, 0.1) is 0 Å². The third-order valence-corrected chi connectivity index (χ3v) is 0.707. The van der Waals surface area contributed by atoms with E-state index in [1.807, 2.05) is 0 Å². The fourth-order valence-electron chi connectivity index (χ4n) is 0.354. The molecule has 0 aromatic rings. The zero-order valence-corrected chi connectivity index (χ0v) is 7.12. The summed E-state index contributed by atoms with van der Waals surface area (Å²) >= 11 is 2.21. The molecule has 0 radical (unpaired) electrons. The normalized spacial score (nSPS) is 7.17. The maximum atomic E-state index is 2.21. The van der Waals surface area contributed by atoms with Crippen molar-refractivity contribution < 1.29 is 31.0 Å². The van der Waals surface area contributed by atoms with E-state index in [4.69, 9.17) is 0 Å². The molecule has 0 atom stereocenters. The minimum Gasteiger partial charge on any atom is 1.00 e. The van der Waals surface area contributed by atoms with Crippen LogP contribution in [-0.4, -0.2) is 17.7 Å². The summed E-state index contributed by atoms with van der Waals surface area (Å²) in [6.07, 6.45) is 2.73. The molecular weight excluding hydrogens is 78.0 g/mol. The molecule has 0 bridgehead atoms. The Labute approximate surface area is 73.1 Å². The van der Waals surface area contributed by atoms with Gasteiger partial charge < -0.3 is 1.43 Å². The van der Waals surface area contributed by atoms with Crippen LogP contribution in [-0.2, 0) is 0 Å². The smallest absolute Gasteiger partial charge is 1.00 e. The maximum Gasteiger partial charge on any atom is 1.00 e. The van der Waals surface area contributed by atoms with Crippen molar-refractivity contribution in [2.24, 2.45) is 0 Å². The van der Waals surface area contributed by atoms with E-state index in [9.17, 15) is 0 Å². The minimum atomic E-state index is 0. The standard InChI is InChI=1S/C4H9.Li.Na.H/c1-3-4-2;;;/h1,3-4H2,2H3;;;/q;;+1;-1. The first-order valence-electron chi connectivity index (χ1n) is 2.41. The topological polar surface area (TPSA) is 0 Å². The molecule has 0 rings (SSSR count). The Bertz CT molecular complexity index is 19.2. The molecule has 0 aliphatic rings. The Morgan fingerprint density at radius 3 is 2.17 bits per heavy atom. The summed E-state index contributed by atoms with van der Waals surface area (Å²) in [5.41, 5.74) is 0. The molecule has 0 saturated carbocycles. The molecule has 0 unspecified atom stereocenters. The monoisotopic (exact) mass is 88.1 g/mol. The number of unbranched alkanes of at least 4 members (excludes halogenated alkanes) is 1. The molecule has 0 aliphatic heterocycles. The van der Waals surface area contributed by atoms with Crippen LogP contribution in [0.2, 0.25) is 5.09 Å². The van der Waals surface area contributed by atoms with Crippen LogP contribution in [0.1, 0.15) is 21.2 Å². The number of hydrogen-bond acceptors (Lipinski definition) is 0. The summed E-state index contributed by atoms with van der Waals surface area (Å²) in [5.74, 6) is 0. The van der Waals surface area contributed by atoms with Gasteiger partial charge in [0.05, 0.1) is 0 Å². The fourth-order valence-corrected chi connectivity index (χ4v) is 0.354. The van der Waals surface area contributed by atoms with E-state index in [0.29, 0.717) is 0 Å². The summed E-state index contributed by atoms with van der Waals surface area (Å²) in [5, 5.41) is 1.34. The van der Waals surface area contributed by atoms with Gasteiger partial charge in [0.1, 0.15) is 0 Å². The molecule has 28 valence electrons. The van der Waals surface area contributed by atoms with Gasteiger partial charge in [-0.15, -0.1) is 0 Å². The molecule has 0 fully saturated rings. The van der Waals surface area contributed by atoms with Crippen molar-refractivity contribution in [2.75, 3.05) is 0 Å². The first-order valence-corrected chi connectivity index (χ1v) is 2.41. The zero-order chi connectivity index (χ0) is 4.12. The van der Waals surface area contributed by atoms with Gasteiger partial charge in [-0.25, -0.2) is 0 Å². The summed E-state index contributed by atoms with van der Waals surface area (Å²) in [6, 6.07) is 0. The largest absolute Gasteiger partial charge is 1.00 e. The average molecular weight is 88.1 g/mol. The van der Waals surface area contributed by atoms with Gasteiger partial charge in [0.2, 0.25) is 0 Å². The van der Waals surface area contributed by atoms with Crippen molar-refractivity contribution in [1.82, 2.24) is 0 Å². The van der Waals surface area contributed by atoms with E-state index in [-0.39, 0.29) is 31.0 Å². The Morgan fingerprint density at radius 1 is 1.67 bits per heavy atom. The van der Waals surface area contributed by atoms with Crippen LogP contribution >= 0.6 is 0 Å². The van der Waals surface area contributed by atoms with Crippen molar-refractivity contribution in [3.63, 3.8) is 0 Å². The number of rotatable bonds is 2. The van der Waals surface area contributed by atoms with Crippen molar-refractivity contribution in [3.8, 4) is 0 Å². The van der Waals surface area contributed by atoms with E-state index >= 15 is 0 Å². The average Bonchev–Trinajstić information content (AvgIpc) is 1.41. The van der Waals surface area contributed by atoms with Crippen LogP contribution in [0.5, 0.6) is 0 Å². The van der Waals surface area contributed by atoms with Gasteiger partial charge >= 0.3 is 72.1 Å². The molecule has 0 N–H and O–H groups in total. The molecule has 6 heavy (non-hydrogen) atoms. The third-order valence-electron chi connectivity index (χ3n) is 0.707. The summed E-state index contributed by atoms with van der Waals surface area (Å²) in [6.45, 7) is 2.21. The van der Waals surface area contributed by atoms with Crippen LogP contribution in [0.25, 0.3) is 0 Å². The molecular formula is C4H10LiNa. The maximum absolute atomic E-state index is 2.21. The Kier molecular flexibility index (Phi) is 17.2. The Balaban J connectivity index is -0.0000000800. The molecule has 0 nitrogen and oxygen atoms in total. The zero-order valence-electron chi connectivity index (χ0n) is 6.12. The first kappa shape index (κ1) is 10.6. The Hall–Kier alpha value is 1.60. The quantitative estimate of drug-likeness (QED) is 0.360. The predicted molar refractivity (Wildman–Crippen MR) is 26.6 cm³/mol. The molecule has 0 aromatic carbocycles. The molecule has 0 heterocycles. The van der Waals surface area contributed by atoms with Crippen LogP contribution < -0.4 is 29.6 Å². The molecule has 0 amide bonds. The molecule has 2 heteroatoms. The summed E-state index contributed by atoms with van der Waals surface area (Å²) in [4.78, 5) is 0. The molecule has 0 saturated heterocycles. The summed E-state index contributed by atoms with van der Waals surface area (Å²) in [7, 11) is 0. The van der Waals surface area contributed by atoms with Gasteiger partial charge in [-0.2, -0.15) is 0 Å². The third kappa shape index (κ3) is 9.14. The number of hydrogen-bond donors (Lipinski definition) is 0. The molecule has 0 aromatic heterocycles. The van der Waals surface area contributed by atoms with Gasteiger partial charge in [-0.1, -0.05) is 0 Å².